The van der Waals surface area contributed by atoms with Gasteiger partial charge in [0, 0.05) is 18.6 Å². The van der Waals surface area contributed by atoms with Gasteiger partial charge in [-0.05, 0) is 26.4 Å². The minimum atomic E-state index is 0.559. The van der Waals surface area contributed by atoms with E-state index in [2.05, 4.69) is 16.8 Å². The standard InChI is InChI=1S/C10H18N2O/c1-11-7-10(8-11)3-2-4-12(10)9-5-13-6-9/h9H,2-8H2,1H3. The molecule has 3 fully saturated rings. The van der Waals surface area contributed by atoms with Crippen molar-refractivity contribution < 1.29 is 4.74 Å². The molecule has 3 aliphatic heterocycles. The quantitative estimate of drug-likeness (QED) is 0.575. The van der Waals surface area contributed by atoms with Gasteiger partial charge < -0.3 is 9.64 Å². The van der Waals surface area contributed by atoms with E-state index in [1.54, 1.807) is 0 Å². The molecule has 0 aliphatic carbocycles. The summed E-state index contributed by atoms with van der Waals surface area (Å²) in [7, 11) is 2.22. The van der Waals surface area contributed by atoms with E-state index in [0.717, 1.165) is 19.3 Å². The molecule has 3 heteroatoms. The number of nitrogens with zero attached hydrogens (tertiary/aromatic N) is 2. The fraction of sp³-hybridized carbons (Fsp3) is 1.00. The summed E-state index contributed by atoms with van der Waals surface area (Å²) < 4.78 is 5.28. The molecule has 0 radical (unpaired) electrons. The molecule has 0 amide bonds. The monoisotopic (exact) mass is 182 g/mol. The highest BCUT2D eigenvalue weighted by molar-refractivity contribution is 5.08. The molecule has 0 aromatic heterocycles. The Morgan fingerprint density at radius 2 is 2.08 bits per heavy atom. The highest BCUT2D eigenvalue weighted by Gasteiger charge is 2.51. The molecule has 3 rings (SSSR count). The summed E-state index contributed by atoms with van der Waals surface area (Å²) in [6, 6.07) is 0.746. The molecule has 0 bridgehead atoms. The Morgan fingerprint density at radius 1 is 1.31 bits per heavy atom. The molecular weight excluding hydrogens is 164 g/mol. The van der Waals surface area contributed by atoms with Crippen molar-refractivity contribution in [2.75, 3.05) is 39.9 Å². The SMILES string of the molecule is CN1CC2(CCCN2C2COC2)C1. The third-order valence-electron chi connectivity index (χ3n) is 3.84. The summed E-state index contributed by atoms with van der Waals surface area (Å²) in [5.74, 6) is 0. The molecule has 3 aliphatic rings. The van der Waals surface area contributed by atoms with Crippen molar-refractivity contribution in [3.05, 3.63) is 0 Å². The van der Waals surface area contributed by atoms with E-state index in [1.165, 1.54) is 32.5 Å². The van der Waals surface area contributed by atoms with E-state index < -0.39 is 0 Å². The molecule has 13 heavy (non-hydrogen) atoms. The van der Waals surface area contributed by atoms with E-state index in [9.17, 15) is 0 Å². The van der Waals surface area contributed by atoms with Crippen LogP contribution < -0.4 is 0 Å². The summed E-state index contributed by atoms with van der Waals surface area (Å²) in [4.78, 5) is 5.15. The molecule has 1 spiro atoms. The van der Waals surface area contributed by atoms with Crippen LogP contribution in [0.25, 0.3) is 0 Å². The van der Waals surface area contributed by atoms with E-state index in [1.807, 2.05) is 0 Å². The van der Waals surface area contributed by atoms with Crippen molar-refractivity contribution in [3.63, 3.8) is 0 Å². The first-order chi connectivity index (χ1) is 6.30. The average Bonchev–Trinajstić information content (AvgIpc) is 2.29. The van der Waals surface area contributed by atoms with Gasteiger partial charge in [0.15, 0.2) is 0 Å². The fourth-order valence-corrected chi connectivity index (χ4v) is 3.23. The van der Waals surface area contributed by atoms with Gasteiger partial charge in [-0.1, -0.05) is 0 Å². The average molecular weight is 182 g/mol. The van der Waals surface area contributed by atoms with Crippen molar-refractivity contribution in [2.24, 2.45) is 0 Å². The number of hydrogen-bond acceptors (Lipinski definition) is 3. The number of rotatable bonds is 1. The minimum absolute atomic E-state index is 0.559. The van der Waals surface area contributed by atoms with Crippen LogP contribution in [-0.4, -0.2) is 61.3 Å². The van der Waals surface area contributed by atoms with Gasteiger partial charge in [-0.25, -0.2) is 0 Å². The van der Waals surface area contributed by atoms with Gasteiger partial charge >= 0.3 is 0 Å². The van der Waals surface area contributed by atoms with Gasteiger partial charge in [-0.15, -0.1) is 0 Å². The Hall–Kier alpha value is -0.120. The van der Waals surface area contributed by atoms with Crippen LogP contribution >= 0.6 is 0 Å². The second kappa shape index (κ2) is 2.69. The highest BCUT2D eigenvalue weighted by Crippen LogP contribution is 2.39. The number of hydrogen-bond donors (Lipinski definition) is 0. The van der Waals surface area contributed by atoms with Crippen LogP contribution in [-0.2, 0) is 4.74 Å². The Kier molecular flexibility index (Phi) is 1.70. The smallest absolute Gasteiger partial charge is 0.0645 e. The van der Waals surface area contributed by atoms with Gasteiger partial charge in [-0.3, -0.25) is 4.90 Å². The molecule has 3 nitrogen and oxygen atoms in total. The van der Waals surface area contributed by atoms with Crippen molar-refractivity contribution in [1.82, 2.24) is 9.80 Å². The molecule has 0 N–H and O–H groups in total. The second-order valence-electron chi connectivity index (χ2n) is 4.88. The number of ether oxygens (including phenoxy) is 1. The predicted molar refractivity (Wildman–Crippen MR) is 50.8 cm³/mol. The van der Waals surface area contributed by atoms with Crippen LogP contribution in [0.5, 0.6) is 0 Å². The van der Waals surface area contributed by atoms with Crippen molar-refractivity contribution in [2.45, 2.75) is 24.4 Å². The largest absolute Gasteiger partial charge is 0.378 e. The van der Waals surface area contributed by atoms with Crippen LogP contribution in [0.2, 0.25) is 0 Å². The molecule has 74 valence electrons. The molecule has 0 aromatic carbocycles. The van der Waals surface area contributed by atoms with Crippen LogP contribution in [0.15, 0.2) is 0 Å². The van der Waals surface area contributed by atoms with E-state index in [-0.39, 0.29) is 0 Å². The molecule has 0 aromatic rings. The Morgan fingerprint density at radius 3 is 2.62 bits per heavy atom. The lowest BCUT2D eigenvalue weighted by Crippen LogP contribution is -2.70. The van der Waals surface area contributed by atoms with Crippen molar-refractivity contribution >= 4 is 0 Å². The molecule has 3 saturated heterocycles. The summed E-state index contributed by atoms with van der Waals surface area (Å²) in [5, 5.41) is 0. The first-order valence-electron chi connectivity index (χ1n) is 5.33. The zero-order valence-electron chi connectivity index (χ0n) is 8.33. The molecule has 0 atom stereocenters. The first-order valence-corrected chi connectivity index (χ1v) is 5.33. The minimum Gasteiger partial charge on any atom is -0.378 e. The lowest BCUT2D eigenvalue weighted by atomic mass is 9.86. The number of likely N-dealkylation sites (tertiary alicyclic amines) is 2. The van der Waals surface area contributed by atoms with Gasteiger partial charge in [0.1, 0.15) is 0 Å². The fourth-order valence-electron chi connectivity index (χ4n) is 3.23. The van der Waals surface area contributed by atoms with E-state index >= 15 is 0 Å². The van der Waals surface area contributed by atoms with E-state index in [0.29, 0.717) is 5.54 Å². The third-order valence-corrected chi connectivity index (χ3v) is 3.84. The highest BCUT2D eigenvalue weighted by atomic mass is 16.5. The lowest BCUT2D eigenvalue weighted by molar-refractivity contribution is -0.123. The van der Waals surface area contributed by atoms with Crippen LogP contribution in [0.3, 0.4) is 0 Å². The second-order valence-corrected chi connectivity index (χ2v) is 4.88. The normalized spacial score (nSPS) is 34.8. The van der Waals surface area contributed by atoms with Crippen LogP contribution in [0.4, 0.5) is 0 Å². The lowest BCUT2D eigenvalue weighted by Gasteiger charge is -2.55. The molecule has 3 heterocycles. The predicted octanol–water partition coefficient (Wildman–Crippen LogP) is 0.165. The third kappa shape index (κ3) is 1.07. The van der Waals surface area contributed by atoms with Crippen LogP contribution in [0, 0.1) is 0 Å². The van der Waals surface area contributed by atoms with E-state index in [4.69, 9.17) is 4.74 Å². The Balaban J connectivity index is 1.72. The topological polar surface area (TPSA) is 15.7 Å². The van der Waals surface area contributed by atoms with Gasteiger partial charge in [0.25, 0.3) is 0 Å². The molecular formula is C10H18N2O. The first kappa shape index (κ1) is 8.21. The summed E-state index contributed by atoms with van der Waals surface area (Å²) in [6.45, 7) is 5.83. The Bertz CT molecular complexity index is 209. The molecule has 0 unspecified atom stereocenters. The Labute approximate surface area is 79.6 Å². The number of likely N-dealkylation sites (N-methyl/N-ethyl adjacent to an activating group) is 1. The summed E-state index contributed by atoms with van der Waals surface area (Å²) >= 11 is 0. The van der Waals surface area contributed by atoms with Gasteiger partial charge in [0.2, 0.25) is 0 Å². The summed E-state index contributed by atoms with van der Waals surface area (Å²) in [6.07, 6.45) is 2.80. The van der Waals surface area contributed by atoms with Crippen LogP contribution in [0.1, 0.15) is 12.8 Å². The van der Waals surface area contributed by atoms with Gasteiger partial charge in [-0.2, -0.15) is 0 Å². The maximum Gasteiger partial charge on any atom is 0.0645 e. The zero-order chi connectivity index (χ0) is 8.89. The maximum atomic E-state index is 5.28. The van der Waals surface area contributed by atoms with Crippen molar-refractivity contribution in [3.8, 4) is 0 Å². The zero-order valence-corrected chi connectivity index (χ0v) is 8.33. The van der Waals surface area contributed by atoms with Gasteiger partial charge in [0.05, 0.1) is 19.3 Å². The van der Waals surface area contributed by atoms with Crippen molar-refractivity contribution in [1.29, 1.82) is 0 Å². The maximum absolute atomic E-state index is 5.28. The summed E-state index contributed by atoms with van der Waals surface area (Å²) in [5.41, 5.74) is 0.559. The molecule has 0 saturated carbocycles.